The standard InChI is InChI=1S/C12H14FNO4.ClH/c1-2-16-12(15)9(13)10(14)7-4-3-5-8-11(7)18-6-17-8;/h3-5,9-10H,2,6,14H2,1H3;1H/t9?,10-;/m0./s1. The highest BCUT2D eigenvalue weighted by molar-refractivity contribution is 5.85. The Hall–Kier alpha value is -1.53. The summed E-state index contributed by atoms with van der Waals surface area (Å²) in [4.78, 5) is 11.3. The molecule has 1 aromatic carbocycles. The molecule has 0 aliphatic carbocycles. The highest BCUT2D eigenvalue weighted by Gasteiger charge is 2.32. The molecule has 5 nitrogen and oxygen atoms in total. The molecule has 0 saturated carbocycles. The van der Waals surface area contributed by atoms with Gasteiger partial charge in [-0.1, -0.05) is 12.1 Å². The molecule has 1 aliphatic rings. The Morgan fingerprint density at radius 1 is 1.53 bits per heavy atom. The Bertz CT molecular complexity index is 457. The van der Waals surface area contributed by atoms with Crippen molar-refractivity contribution in [1.29, 1.82) is 0 Å². The van der Waals surface area contributed by atoms with Crippen LogP contribution in [0, 0.1) is 0 Å². The number of fused-ring (bicyclic) bond motifs is 1. The van der Waals surface area contributed by atoms with Gasteiger partial charge in [0.2, 0.25) is 13.0 Å². The monoisotopic (exact) mass is 291 g/mol. The van der Waals surface area contributed by atoms with Gasteiger partial charge in [0.1, 0.15) is 0 Å². The molecule has 0 fully saturated rings. The second-order valence-electron chi connectivity index (χ2n) is 3.76. The maximum Gasteiger partial charge on any atom is 0.342 e. The van der Waals surface area contributed by atoms with Crippen LogP contribution in [0.25, 0.3) is 0 Å². The quantitative estimate of drug-likeness (QED) is 0.856. The minimum absolute atomic E-state index is 0. The number of halogens is 2. The fraction of sp³-hybridized carbons (Fsp3) is 0.417. The van der Waals surface area contributed by atoms with E-state index in [4.69, 9.17) is 15.2 Å². The van der Waals surface area contributed by atoms with Crippen LogP contribution < -0.4 is 15.2 Å². The van der Waals surface area contributed by atoms with E-state index in [1.807, 2.05) is 0 Å². The number of carbonyl (C=O) groups excluding carboxylic acids is 1. The normalized spacial score (nSPS) is 15.3. The number of carbonyl (C=O) groups is 1. The Morgan fingerprint density at radius 3 is 2.95 bits per heavy atom. The third kappa shape index (κ3) is 3.08. The van der Waals surface area contributed by atoms with E-state index in [-0.39, 0.29) is 25.8 Å². The van der Waals surface area contributed by atoms with Gasteiger partial charge in [-0.2, -0.15) is 0 Å². The van der Waals surface area contributed by atoms with Crippen LogP contribution in [-0.2, 0) is 9.53 Å². The maximum atomic E-state index is 13.8. The van der Waals surface area contributed by atoms with E-state index >= 15 is 0 Å². The minimum Gasteiger partial charge on any atom is -0.464 e. The number of hydrogen-bond donors (Lipinski definition) is 1. The molecule has 0 aromatic heterocycles. The molecule has 2 rings (SSSR count). The molecule has 2 N–H and O–H groups in total. The summed E-state index contributed by atoms with van der Waals surface area (Å²) in [6.07, 6.45) is -1.93. The first kappa shape index (κ1) is 15.5. The van der Waals surface area contributed by atoms with Crippen LogP contribution in [0.4, 0.5) is 4.39 Å². The lowest BCUT2D eigenvalue weighted by atomic mass is 10.0. The topological polar surface area (TPSA) is 70.8 Å². The molecule has 106 valence electrons. The summed E-state index contributed by atoms with van der Waals surface area (Å²) in [5, 5.41) is 0. The zero-order chi connectivity index (χ0) is 13.1. The molecule has 19 heavy (non-hydrogen) atoms. The summed E-state index contributed by atoms with van der Waals surface area (Å²) in [6, 6.07) is 3.82. The van der Waals surface area contributed by atoms with Gasteiger partial charge in [0, 0.05) is 5.56 Å². The van der Waals surface area contributed by atoms with Crippen LogP contribution in [0.15, 0.2) is 18.2 Å². The Balaban J connectivity index is 0.00000180. The summed E-state index contributed by atoms with van der Waals surface area (Å²) >= 11 is 0. The van der Waals surface area contributed by atoms with Crippen molar-refractivity contribution < 1.29 is 23.4 Å². The number of esters is 1. The highest BCUT2D eigenvalue weighted by Crippen LogP contribution is 2.39. The molecule has 1 aromatic rings. The molecule has 2 atom stereocenters. The number of para-hydroxylation sites is 1. The third-order valence-electron chi connectivity index (χ3n) is 2.61. The molecule has 7 heteroatoms. The van der Waals surface area contributed by atoms with E-state index in [0.717, 1.165) is 0 Å². The predicted molar refractivity (Wildman–Crippen MR) is 68.3 cm³/mol. The third-order valence-corrected chi connectivity index (χ3v) is 2.61. The van der Waals surface area contributed by atoms with Gasteiger partial charge in [-0.05, 0) is 13.0 Å². The van der Waals surface area contributed by atoms with E-state index < -0.39 is 18.2 Å². The summed E-state index contributed by atoms with van der Waals surface area (Å²) in [5.41, 5.74) is 6.13. The number of hydrogen-bond acceptors (Lipinski definition) is 5. The van der Waals surface area contributed by atoms with E-state index in [0.29, 0.717) is 17.1 Å². The molecule has 0 radical (unpaired) electrons. The van der Waals surface area contributed by atoms with E-state index in [1.54, 1.807) is 25.1 Å². The van der Waals surface area contributed by atoms with Crippen molar-refractivity contribution in [3.63, 3.8) is 0 Å². The van der Waals surface area contributed by atoms with Crippen LogP contribution in [0.2, 0.25) is 0 Å². The average Bonchev–Trinajstić information content (AvgIpc) is 2.85. The first-order chi connectivity index (χ1) is 8.65. The van der Waals surface area contributed by atoms with Crippen molar-refractivity contribution in [2.45, 2.75) is 19.1 Å². The van der Waals surface area contributed by atoms with Gasteiger partial charge in [0.15, 0.2) is 11.5 Å². The fourth-order valence-electron chi connectivity index (χ4n) is 1.74. The van der Waals surface area contributed by atoms with Gasteiger partial charge in [-0.25, -0.2) is 9.18 Å². The minimum atomic E-state index is -1.93. The van der Waals surface area contributed by atoms with Gasteiger partial charge >= 0.3 is 5.97 Å². The smallest absolute Gasteiger partial charge is 0.342 e. The highest BCUT2D eigenvalue weighted by atomic mass is 35.5. The molecular weight excluding hydrogens is 277 g/mol. The van der Waals surface area contributed by atoms with Crippen LogP contribution in [0.1, 0.15) is 18.5 Å². The van der Waals surface area contributed by atoms with Crippen molar-refractivity contribution in [2.75, 3.05) is 13.4 Å². The largest absolute Gasteiger partial charge is 0.464 e. The summed E-state index contributed by atoms with van der Waals surface area (Å²) < 4.78 is 28.8. The van der Waals surface area contributed by atoms with E-state index in [9.17, 15) is 9.18 Å². The molecule has 0 amide bonds. The van der Waals surface area contributed by atoms with Crippen molar-refractivity contribution in [3.8, 4) is 11.5 Å². The average molecular weight is 292 g/mol. The van der Waals surface area contributed by atoms with E-state index in [1.165, 1.54) is 0 Å². The Morgan fingerprint density at radius 2 is 2.26 bits per heavy atom. The Kier molecular flexibility index (Phi) is 5.38. The maximum absolute atomic E-state index is 13.8. The molecule has 1 heterocycles. The van der Waals surface area contributed by atoms with Crippen molar-refractivity contribution in [3.05, 3.63) is 23.8 Å². The molecule has 1 unspecified atom stereocenters. The number of ether oxygens (including phenoxy) is 3. The Labute approximate surface area is 116 Å². The second kappa shape index (κ2) is 6.58. The van der Waals surface area contributed by atoms with E-state index in [2.05, 4.69) is 4.74 Å². The van der Waals surface area contributed by atoms with Crippen LogP contribution in [-0.4, -0.2) is 25.5 Å². The van der Waals surface area contributed by atoms with Crippen LogP contribution >= 0.6 is 12.4 Å². The number of nitrogens with two attached hydrogens (primary N) is 1. The number of alkyl halides is 1. The van der Waals surface area contributed by atoms with Gasteiger partial charge in [0.05, 0.1) is 12.6 Å². The lowest BCUT2D eigenvalue weighted by Crippen LogP contribution is -2.31. The summed E-state index contributed by atoms with van der Waals surface area (Å²) in [5.74, 6) is -0.0857. The van der Waals surface area contributed by atoms with Crippen LogP contribution in [0.5, 0.6) is 11.5 Å². The molecule has 0 bridgehead atoms. The van der Waals surface area contributed by atoms with Crippen molar-refractivity contribution in [1.82, 2.24) is 0 Å². The zero-order valence-electron chi connectivity index (χ0n) is 10.3. The fourth-order valence-corrected chi connectivity index (χ4v) is 1.74. The summed E-state index contributed by atoms with van der Waals surface area (Å²) in [7, 11) is 0. The first-order valence-electron chi connectivity index (χ1n) is 5.60. The second-order valence-corrected chi connectivity index (χ2v) is 3.76. The molecular formula is C12H15ClFNO4. The SMILES string of the molecule is CCOC(=O)C(F)[C@@H](N)c1cccc2c1OCO2.Cl. The van der Waals surface area contributed by atoms with Gasteiger partial charge < -0.3 is 19.9 Å². The van der Waals surface area contributed by atoms with Crippen LogP contribution in [0.3, 0.4) is 0 Å². The van der Waals surface area contributed by atoms with Gasteiger partial charge in [-0.3, -0.25) is 0 Å². The predicted octanol–water partition coefficient (Wildman–Crippen LogP) is 1.74. The number of benzene rings is 1. The van der Waals surface area contributed by atoms with Gasteiger partial charge in [-0.15, -0.1) is 12.4 Å². The molecule has 0 saturated heterocycles. The van der Waals surface area contributed by atoms with Gasteiger partial charge in [0.25, 0.3) is 0 Å². The number of rotatable bonds is 4. The summed E-state index contributed by atoms with van der Waals surface area (Å²) in [6.45, 7) is 1.78. The van der Waals surface area contributed by atoms with Crippen molar-refractivity contribution >= 4 is 18.4 Å². The van der Waals surface area contributed by atoms with Crippen molar-refractivity contribution in [2.24, 2.45) is 5.73 Å². The molecule has 0 spiro atoms. The lowest BCUT2D eigenvalue weighted by Gasteiger charge is -2.17. The zero-order valence-corrected chi connectivity index (χ0v) is 11.1. The first-order valence-corrected chi connectivity index (χ1v) is 5.60. The molecule has 1 aliphatic heterocycles. The lowest BCUT2D eigenvalue weighted by molar-refractivity contribution is -0.149.